The largest absolute Gasteiger partial charge is 0.255 e. The molecule has 0 saturated heterocycles. The van der Waals surface area contributed by atoms with Crippen molar-refractivity contribution in [2.75, 3.05) is 0 Å². The summed E-state index contributed by atoms with van der Waals surface area (Å²) in [7, 11) is 2.60. The highest BCUT2D eigenvalue weighted by Gasteiger charge is 2.33. The minimum absolute atomic E-state index is 0.540. The fourth-order valence-electron chi connectivity index (χ4n) is 4.39. The summed E-state index contributed by atoms with van der Waals surface area (Å²) in [6.07, 6.45) is 6.51. The molecule has 144 valence electrons. The normalized spacial score (nSPS) is 19.8. The van der Waals surface area contributed by atoms with Gasteiger partial charge in [-0.3, -0.25) is 4.44 Å². The summed E-state index contributed by atoms with van der Waals surface area (Å²) in [5.74, 6) is 0.714. The van der Waals surface area contributed by atoms with Gasteiger partial charge in [0.15, 0.2) is 0 Å². The molecule has 28 heavy (non-hydrogen) atoms. The van der Waals surface area contributed by atoms with Gasteiger partial charge in [-0.05, 0) is 41.4 Å². The van der Waals surface area contributed by atoms with Crippen molar-refractivity contribution in [1.82, 2.24) is 4.44 Å². The van der Waals surface area contributed by atoms with Crippen molar-refractivity contribution in [2.45, 2.75) is 38.1 Å². The second kappa shape index (κ2) is 9.80. The van der Waals surface area contributed by atoms with Crippen LogP contribution in [0.1, 0.15) is 31.2 Å². The lowest BCUT2D eigenvalue weighted by molar-refractivity contribution is 0.245. The first-order valence-electron chi connectivity index (χ1n) is 10.3. The van der Waals surface area contributed by atoms with Gasteiger partial charge in [0.05, 0.1) is 0 Å². The Morgan fingerprint density at radius 3 is 1.79 bits per heavy atom. The van der Waals surface area contributed by atoms with Crippen molar-refractivity contribution < 1.29 is 0 Å². The average molecular weight is 405 g/mol. The molecule has 1 aliphatic rings. The molecule has 0 aromatic heterocycles. The van der Waals surface area contributed by atoms with Crippen molar-refractivity contribution in [3.05, 3.63) is 96.6 Å². The van der Waals surface area contributed by atoms with Crippen molar-refractivity contribution >= 4 is 28.1 Å². The summed E-state index contributed by atoms with van der Waals surface area (Å²) >= 11 is 0. The summed E-state index contributed by atoms with van der Waals surface area (Å²) in [5, 5.41) is 2.87. The summed E-state index contributed by atoms with van der Waals surface area (Å²) in [6, 6.07) is 33.8. The summed E-state index contributed by atoms with van der Waals surface area (Å²) in [6.45, 7) is 0. The maximum absolute atomic E-state index is 3.14. The Labute approximate surface area is 173 Å². The zero-order chi connectivity index (χ0) is 19.2. The molecule has 0 radical (unpaired) electrons. The van der Waals surface area contributed by atoms with Gasteiger partial charge in [0.25, 0.3) is 0 Å². The molecule has 3 heteroatoms. The van der Waals surface area contributed by atoms with E-state index >= 15 is 0 Å². The maximum Gasteiger partial charge on any atom is 0.0316 e. The summed E-state index contributed by atoms with van der Waals surface area (Å²) in [4.78, 5) is 0. The fourth-order valence-corrected chi connectivity index (χ4v) is 7.93. The summed E-state index contributed by atoms with van der Waals surface area (Å²) in [5.41, 5.74) is 1.47. The Hall–Kier alpha value is -1.52. The van der Waals surface area contributed by atoms with Crippen molar-refractivity contribution in [2.24, 2.45) is 5.92 Å². The molecule has 1 nitrogen and oxygen atoms in total. The molecule has 0 spiro atoms. The molecule has 0 bridgehead atoms. The molecule has 1 unspecified atom stereocenters. The van der Waals surface area contributed by atoms with E-state index in [4.69, 9.17) is 0 Å². The zero-order valence-corrected chi connectivity index (χ0v) is 18.4. The van der Waals surface area contributed by atoms with Crippen LogP contribution in [0.3, 0.4) is 0 Å². The molecule has 0 aliphatic heterocycles. The van der Waals surface area contributed by atoms with Gasteiger partial charge < -0.3 is 0 Å². The molecule has 3 aromatic carbocycles. The van der Waals surface area contributed by atoms with E-state index < -0.39 is 8.07 Å². The van der Waals surface area contributed by atoms with Gasteiger partial charge in [-0.2, -0.15) is 0 Å². The van der Waals surface area contributed by atoms with Crippen molar-refractivity contribution in [3.8, 4) is 0 Å². The molecule has 1 fully saturated rings. The van der Waals surface area contributed by atoms with E-state index in [0.717, 1.165) is 0 Å². The predicted molar refractivity (Wildman–Crippen MR) is 127 cm³/mol. The van der Waals surface area contributed by atoms with E-state index in [1.54, 1.807) is 0 Å². The highest BCUT2D eigenvalue weighted by atomic mass is 31.2. The third kappa shape index (κ3) is 4.72. The van der Waals surface area contributed by atoms with Crippen LogP contribution in [0.5, 0.6) is 0 Å². The lowest BCUT2D eigenvalue weighted by Gasteiger charge is -2.42. The third-order valence-electron chi connectivity index (χ3n) is 5.78. The lowest BCUT2D eigenvalue weighted by atomic mass is 9.81. The number of benzene rings is 3. The van der Waals surface area contributed by atoms with Crippen LogP contribution in [0.2, 0.25) is 0 Å². The van der Waals surface area contributed by atoms with E-state index in [2.05, 4.69) is 105 Å². The quantitative estimate of drug-likeness (QED) is 0.460. The van der Waals surface area contributed by atoms with E-state index in [1.807, 2.05) is 0 Å². The topological polar surface area (TPSA) is 3.24 Å². The van der Waals surface area contributed by atoms with Crippen LogP contribution in [0.4, 0.5) is 0 Å². The summed E-state index contributed by atoms with van der Waals surface area (Å²) < 4.78 is 2.65. The fraction of sp³-hybridized carbons (Fsp3) is 0.280. The first kappa shape index (κ1) is 19.8. The van der Waals surface area contributed by atoms with Gasteiger partial charge in [-0.25, -0.2) is 0 Å². The second-order valence-electron chi connectivity index (χ2n) is 7.66. The van der Waals surface area contributed by atoms with Crippen LogP contribution in [-0.4, -0.2) is 10.5 Å². The number of rotatable bonds is 6. The van der Waals surface area contributed by atoms with Crippen molar-refractivity contribution in [1.29, 1.82) is 0 Å². The molecule has 4 rings (SSSR count). The Balaban J connectivity index is 1.63. The van der Waals surface area contributed by atoms with Crippen LogP contribution in [-0.2, 0) is 6.42 Å². The van der Waals surface area contributed by atoms with Crippen LogP contribution in [0.15, 0.2) is 91.0 Å². The van der Waals surface area contributed by atoms with Crippen LogP contribution >= 0.6 is 17.5 Å². The first-order chi connectivity index (χ1) is 13.8. The Bertz CT molecular complexity index is 799. The SMILES string of the molecule is PN([C@H]1CCCC[C@@H]1Cc1ccccc1)P(c1ccccc1)c1ccccc1. The minimum Gasteiger partial charge on any atom is -0.255 e. The molecule has 3 atom stereocenters. The van der Waals surface area contributed by atoms with Gasteiger partial charge in [-0.1, -0.05) is 113 Å². The molecule has 0 amide bonds. The molecular formula is C25H29NP2. The standard InChI is InChI=1S/C25H29NP2/c27-26(25-19-11-10-14-22(25)20-21-12-4-1-5-13-21)28(23-15-6-2-7-16-23)24-17-8-3-9-18-24/h1-9,12-13,15-18,22,25H,10-11,14,19-20,27H2/t22-,25+/m1/s1. The molecule has 0 heterocycles. The highest BCUT2D eigenvalue weighted by Crippen LogP contribution is 2.47. The maximum atomic E-state index is 3.14. The second-order valence-corrected chi connectivity index (χ2v) is 10.8. The number of hydrogen-bond acceptors (Lipinski definition) is 1. The Morgan fingerprint density at radius 2 is 1.21 bits per heavy atom. The Morgan fingerprint density at radius 1 is 0.714 bits per heavy atom. The van der Waals surface area contributed by atoms with Gasteiger partial charge >= 0.3 is 0 Å². The minimum atomic E-state index is -0.540. The Kier molecular flexibility index (Phi) is 6.92. The highest BCUT2D eigenvalue weighted by molar-refractivity contribution is 7.74. The predicted octanol–water partition coefficient (Wildman–Crippen LogP) is 5.93. The van der Waals surface area contributed by atoms with Crippen LogP contribution in [0.25, 0.3) is 0 Å². The average Bonchev–Trinajstić information content (AvgIpc) is 2.76. The van der Waals surface area contributed by atoms with E-state index in [1.165, 1.54) is 48.3 Å². The number of nitrogens with zero attached hydrogens (tertiary/aromatic N) is 1. The molecule has 3 aromatic rings. The van der Waals surface area contributed by atoms with Gasteiger partial charge in [0.1, 0.15) is 0 Å². The van der Waals surface area contributed by atoms with Gasteiger partial charge in [0, 0.05) is 14.1 Å². The molecule has 1 aliphatic carbocycles. The monoisotopic (exact) mass is 405 g/mol. The molecule has 1 saturated carbocycles. The first-order valence-corrected chi connectivity index (χ1v) is 12.1. The van der Waals surface area contributed by atoms with E-state index in [-0.39, 0.29) is 0 Å². The third-order valence-corrected chi connectivity index (χ3v) is 9.19. The smallest absolute Gasteiger partial charge is 0.0316 e. The number of hydrogen-bond donors (Lipinski definition) is 0. The molecule has 0 N–H and O–H groups in total. The van der Waals surface area contributed by atoms with E-state index in [0.29, 0.717) is 12.0 Å². The van der Waals surface area contributed by atoms with Crippen LogP contribution in [0, 0.1) is 5.92 Å². The molecular weight excluding hydrogens is 376 g/mol. The lowest BCUT2D eigenvalue weighted by Crippen LogP contribution is -2.38. The van der Waals surface area contributed by atoms with Crippen LogP contribution < -0.4 is 10.6 Å². The van der Waals surface area contributed by atoms with Crippen molar-refractivity contribution in [3.63, 3.8) is 0 Å². The van der Waals surface area contributed by atoms with Gasteiger partial charge in [-0.15, -0.1) is 0 Å². The van der Waals surface area contributed by atoms with Gasteiger partial charge in [0.2, 0.25) is 0 Å². The zero-order valence-electron chi connectivity index (χ0n) is 16.3. The van der Waals surface area contributed by atoms with E-state index in [9.17, 15) is 0 Å².